The van der Waals surface area contributed by atoms with Crippen LogP contribution in [0.5, 0.6) is 0 Å². The van der Waals surface area contributed by atoms with E-state index in [9.17, 15) is 14.0 Å². The van der Waals surface area contributed by atoms with Crippen LogP contribution in [-0.4, -0.2) is 59.2 Å². The number of nitrogens with one attached hydrogen (secondary N) is 1. The normalized spacial score (nSPS) is 20.1. The van der Waals surface area contributed by atoms with Gasteiger partial charge >= 0.3 is 0 Å². The van der Waals surface area contributed by atoms with Gasteiger partial charge in [-0.15, -0.1) is 0 Å². The number of carbonyl (C=O) groups is 2. The van der Waals surface area contributed by atoms with Crippen LogP contribution in [0.25, 0.3) is 10.9 Å². The molecule has 2 aliphatic heterocycles. The molecule has 0 spiro atoms. The standard InChI is InChI=1S/C27H29ClFN3O2/c28-22-6-3-21-14-25(30-24(21)15-22)27(34)32-11-1-2-18(17-32)16-31-12-9-20(10-13-31)26(33)19-4-7-23(29)8-5-19/h3-8,14-15,18,20,30H,1-2,9-13,16-17H2. The highest BCUT2D eigenvalue weighted by Crippen LogP contribution is 2.26. The number of amides is 1. The summed E-state index contributed by atoms with van der Waals surface area (Å²) in [5, 5.41) is 1.63. The number of rotatable bonds is 5. The van der Waals surface area contributed by atoms with E-state index >= 15 is 0 Å². The molecule has 3 aromatic rings. The molecule has 7 heteroatoms. The molecule has 1 aromatic heterocycles. The molecule has 1 unspecified atom stereocenters. The van der Waals surface area contributed by atoms with Gasteiger partial charge in [-0.3, -0.25) is 9.59 Å². The topological polar surface area (TPSA) is 56.4 Å². The van der Waals surface area contributed by atoms with Gasteiger partial charge in [0.2, 0.25) is 0 Å². The minimum atomic E-state index is -0.319. The Morgan fingerprint density at radius 2 is 1.76 bits per heavy atom. The molecule has 0 aliphatic carbocycles. The molecule has 1 amide bonds. The van der Waals surface area contributed by atoms with Crippen LogP contribution in [0.2, 0.25) is 5.02 Å². The van der Waals surface area contributed by atoms with E-state index < -0.39 is 0 Å². The number of ketones is 1. The average Bonchev–Trinajstić information content (AvgIpc) is 3.27. The Balaban J connectivity index is 1.14. The molecule has 2 aliphatic rings. The quantitative estimate of drug-likeness (QED) is 0.496. The highest BCUT2D eigenvalue weighted by atomic mass is 35.5. The number of aromatic amines is 1. The number of nitrogens with zero attached hydrogens (tertiary/aromatic N) is 2. The molecule has 1 atom stereocenters. The van der Waals surface area contributed by atoms with E-state index in [2.05, 4.69) is 9.88 Å². The lowest BCUT2D eigenvalue weighted by molar-refractivity contribution is 0.0602. The van der Waals surface area contributed by atoms with E-state index in [1.54, 1.807) is 12.1 Å². The number of H-pyrrole nitrogens is 1. The van der Waals surface area contributed by atoms with Gasteiger partial charge in [-0.05, 0) is 87.2 Å². The van der Waals surface area contributed by atoms with Crippen molar-refractivity contribution >= 4 is 34.2 Å². The van der Waals surface area contributed by atoms with Crippen molar-refractivity contribution in [3.05, 3.63) is 70.6 Å². The zero-order valence-electron chi connectivity index (χ0n) is 19.1. The highest BCUT2D eigenvalue weighted by Gasteiger charge is 2.30. The molecule has 2 saturated heterocycles. The minimum Gasteiger partial charge on any atom is -0.350 e. The van der Waals surface area contributed by atoms with Gasteiger partial charge in [0.15, 0.2) is 5.78 Å². The van der Waals surface area contributed by atoms with E-state index in [0.29, 0.717) is 22.2 Å². The molecule has 178 valence electrons. The number of fused-ring (bicyclic) bond motifs is 1. The smallest absolute Gasteiger partial charge is 0.270 e. The molecular formula is C27H29ClFN3O2. The van der Waals surface area contributed by atoms with Gasteiger partial charge in [-0.25, -0.2) is 4.39 Å². The fourth-order valence-corrected chi connectivity index (χ4v) is 5.55. The summed E-state index contributed by atoms with van der Waals surface area (Å²) in [5.74, 6) is 0.275. The van der Waals surface area contributed by atoms with Crippen molar-refractivity contribution in [1.82, 2.24) is 14.8 Å². The minimum absolute atomic E-state index is 0.00153. The van der Waals surface area contributed by atoms with Crippen molar-refractivity contribution in [2.24, 2.45) is 11.8 Å². The van der Waals surface area contributed by atoms with Crippen molar-refractivity contribution in [2.45, 2.75) is 25.7 Å². The number of likely N-dealkylation sites (tertiary alicyclic amines) is 2. The van der Waals surface area contributed by atoms with Crippen LogP contribution in [0.1, 0.15) is 46.5 Å². The number of carbonyl (C=O) groups excluding carboxylic acids is 2. The molecule has 2 aromatic carbocycles. The Morgan fingerprint density at radius 3 is 2.53 bits per heavy atom. The van der Waals surface area contributed by atoms with Crippen molar-refractivity contribution in [3.63, 3.8) is 0 Å². The maximum Gasteiger partial charge on any atom is 0.270 e. The molecule has 34 heavy (non-hydrogen) atoms. The fraction of sp³-hybridized carbons (Fsp3) is 0.407. The molecule has 2 fully saturated rings. The SMILES string of the molecule is O=C(c1ccc(F)cc1)C1CCN(CC2CCCN(C(=O)c3cc4ccc(Cl)cc4[nH]3)C2)CC1. The van der Waals surface area contributed by atoms with Crippen LogP contribution < -0.4 is 0 Å². The van der Waals surface area contributed by atoms with Gasteiger partial charge < -0.3 is 14.8 Å². The number of hydrogen-bond donors (Lipinski definition) is 1. The van der Waals surface area contributed by atoms with E-state index in [0.717, 1.165) is 69.3 Å². The summed E-state index contributed by atoms with van der Waals surface area (Å²) in [6, 6.07) is 13.4. The van der Waals surface area contributed by atoms with Gasteiger partial charge in [0, 0.05) is 47.0 Å². The van der Waals surface area contributed by atoms with Crippen LogP contribution in [0.3, 0.4) is 0 Å². The summed E-state index contributed by atoms with van der Waals surface area (Å²) in [7, 11) is 0. The van der Waals surface area contributed by atoms with Gasteiger partial charge in [-0.1, -0.05) is 17.7 Å². The first-order valence-corrected chi connectivity index (χ1v) is 12.4. The molecule has 5 nitrogen and oxygen atoms in total. The highest BCUT2D eigenvalue weighted by molar-refractivity contribution is 6.31. The number of hydrogen-bond acceptors (Lipinski definition) is 3. The fourth-order valence-electron chi connectivity index (χ4n) is 5.38. The first kappa shape index (κ1) is 23.1. The van der Waals surface area contributed by atoms with E-state index in [1.807, 2.05) is 29.2 Å². The Hall–Kier alpha value is -2.70. The lowest BCUT2D eigenvalue weighted by Crippen LogP contribution is -2.45. The predicted octanol–water partition coefficient (Wildman–Crippen LogP) is 5.41. The third-order valence-electron chi connectivity index (χ3n) is 7.22. The Morgan fingerprint density at radius 1 is 1.00 bits per heavy atom. The maximum absolute atomic E-state index is 13.2. The first-order chi connectivity index (χ1) is 16.5. The second-order valence-corrected chi connectivity index (χ2v) is 10.1. The summed E-state index contributed by atoms with van der Waals surface area (Å²) in [6.07, 6.45) is 3.76. The number of piperidine rings is 2. The van der Waals surface area contributed by atoms with Crippen LogP contribution in [0.15, 0.2) is 48.5 Å². The zero-order chi connectivity index (χ0) is 23.7. The lowest BCUT2D eigenvalue weighted by Gasteiger charge is -2.38. The largest absolute Gasteiger partial charge is 0.350 e. The van der Waals surface area contributed by atoms with Crippen LogP contribution in [0.4, 0.5) is 4.39 Å². The van der Waals surface area contributed by atoms with E-state index in [4.69, 9.17) is 11.6 Å². The van der Waals surface area contributed by atoms with Gasteiger partial charge in [0.1, 0.15) is 11.5 Å². The molecule has 5 rings (SSSR count). The van der Waals surface area contributed by atoms with Crippen molar-refractivity contribution in [3.8, 4) is 0 Å². The second kappa shape index (κ2) is 9.88. The maximum atomic E-state index is 13.2. The number of Topliss-reactive ketones (excluding diaryl/α,β-unsaturated/α-hetero) is 1. The predicted molar refractivity (Wildman–Crippen MR) is 132 cm³/mol. The first-order valence-electron chi connectivity index (χ1n) is 12.1. The molecule has 1 N–H and O–H groups in total. The summed E-state index contributed by atoms with van der Waals surface area (Å²) >= 11 is 6.08. The van der Waals surface area contributed by atoms with Crippen molar-refractivity contribution in [2.75, 3.05) is 32.7 Å². The summed E-state index contributed by atoms with van der Waals surface area (Å²) in [5.41, 5.74) is 2.08. The number of halogens is 2. The molecule has 3 heterocycles. The van der Waals surface area contributed by atoms with Gasteiger partial charge in [0.25, 0.3) is 5.91 Å². The van der Waals surface area contributed by atoms with Crippen LogP contribution in [-0.2, 0) is 0 Å². The van der Waals surface area contributed by atoms with Crippen molar-refractivity contribution in [1.29, 1.82) is 0 Å². The number of aromatic nitrogens is 1. The van der Waals surface area contributed by atoms with Gasteiger partial charge in [0.05, 0.1) is 0 Å². The molecule has 0 radical (unpaired) electrons. The Kier molecular flexibility index (Phi) is 6.70. The molecule has 0 bridgehead atoms. The third-order valence-corrected chi connectivity index (χ3v) is 7.46. The summed E-state index contributed by atoms with van der Waals surface area (Å²) in [6.45, 7) is 4.24. The monoisotopic (exact) mass is 481 g/mol. The van der Waals surface area contributed by atoms with E-state index in [1.165, 1.54) is 12.1 Å². The third kappa shape index (κ3) is 5.03. The second-order valence-electron chi connectivity index (χ2n) is 9.62. The van der Waals surface area contributed by atoms with Crippen molar-refractivity contribution < 1.29 is 14.0 Å². The average molecular weight is 482 g/mol. The van der Waals surface area contributed by atoms with E-state index in [-0.39, 0.29) is 23.4 Å². The Labute approximate surface area is 203 Å². The summed E-state index contributed by atoms with van der Waals surface area (Å²) < 4.78 is 13.2. The Bertz CT molecular complexity index is 1180. The zero-order valence-corrected chi connectivity index (χ0v) is 19.9. The molecular weight excluding hydrogens is 453 g/mol. The number of benzene rings is 2. The van der Waals surface area contributed by atoms with Crippen LogP contribution in [0, 0.1) is 17.7 Å². The lowest BCUT2D eigenvalue weighted by atomic mass is 9.88. The van der Waals surface area contributed by atoms with Gasteiger partial charge in [-0.2, -0.15) is 0 Å². The molecule has 0 saturated carbocycles. The summed E-state index contributed by atoms with van der Waals surface area (Å²) in [4.78, 5) is 33.5. The van der Waals surface area contributed by atoms with Crippen LogP contribution >= 0.6 is 11.6 Å².